The van der Waals surface area contributed by atoms with Gasteiger partial charge in [-0.15, -0.1) is 11.6 Å². The Balaban J connectivity index is 2.08. The molecule has 1 amide bonds. The number of hydrogen-bond donors (Lipinski definition) is 0. The van der Waals surface area contributed by atoms with E-state index in [-0.39, 0.29) is 17.1 Å². The highest BCUT2D eigenvalue weighted by molar-refractivity contribution is 7.98. The van der Waals surface area contributed by atoms with Crippen molar-refractivity contribution < 1.29 is 14.3 Å². The van der Waals surface area contributed by atoms with E-state index in [0.29, 0.717) is 19.6 Å². The van der Waals surface area contributed by atoms with E-state index in [2.05, 4.69) is 0 Å². The van der Waals surface area contributed by atoms with Gasteiger partial charge in [-0.2, -0.15) is 0 Å². The van der Waals surface area contributed by atoms with E-state index in [0.717, 1.165) is 5.56 Å². The SMILES string of the molecule is C[C@@H](Cl)C(=O)N(Cc1ccccc1)S[C@@H]1CCOC1=O. The molecule has 1 aliphatic rings. The molecule has 4 nitrogen and oxygen atoms in total. The van der Waals surface area contributed by atoms with E-state index in [1.54, 1.807) is 11.2 Å². The number of halogens is 1. The van der Waals surface area contributed by atoms with E-state index >= 15 is 0 Å². The fraction of sp³-hybridized carbons (Fsp3) is 0.429. The van der Waals surface area contributed by atoms with Crippen molar-refractivity contribution in [3.8, 4) is 0 Å². The number of esters is 1. The van der Waals surface area contributed by atoms with Crippen LogP contribution in [0.5, 0.6) is 0 Å². The maximum absolute atomic E-state index is 12.2. The number of cyclic esters (lactones) is 1. The molecular weight excluding hydrogens is 298 g/mol. The molecule has 108 valence electrons. The van der Waals surface area contributed by atoms with E-state index in [1.807, 2.05) is 30.3 Å². The number of ether oxygens (including phenoxy) is 1. The number of nitrogens with zero attached hydrogens (tertiary/aromatic N) is 1. The molecule has 1 saturated heterocycles. The minimum atomic E-state index is -0.622. The highest BCUT2D eigenvalue weighted by atomic mass is 35.5. The van der Waals surface area contributed by atoms with Crippen LogP contribution in [0.1, 0.15) is 18.9 Å². The topological polar surface area (TPSA) is 46.6 Å². The van der Waals surface area contributed by atoms with Gasteiger partial charge >= 0.3 is 5.97 Å². The Hall–Kier alpha value is -1.20. The summed E-state index contributed by atoms with van der Waals surface area (Å²) in [5.41, 5.74) is 0.997. The minimum absolute atomic E-state index is 0.194. The average Bonchev–Trinajstić information content (AvgIpc) is 2.84. The Morgan fingerprint density at radius 2 is 2.20 bits per heavy atom. The molecule has 0 N–H and O–H groups in total. The quantitative estimate of drug-likeness (QED) is 0.476. The Bertz CT molecular complexity index is 481. The van der Waals surface area contributed by atoms with Gasteiger partial charge in [0.25, 0.3) is 5.91 Å². The van der Waals surface area contributed by atoms with Crippen molar-refractivity contribution in [1.29, 1.82) is 0 Å². The molecule has 1 fully saturated rings. The number of rotatable bonds is 5. The van der Waals surface area contributed by atoms with Crippen molar-refractivity contribution in [2.24, 2.45) is 0 Å². The summed E-state index contributed by atoms with van der Waals surface area (Å²) in [5.74, 6) is -0.455. The fourth-order valence-electron chi connectivity index (χ4n) is 1.84. The molecule has 0 saturated carbocycles. The third-order valence-corrected chi connectivity index (χ3v) is 4.33. The largest absolute Gasteiger partial charge is 0.465 e. The highest BCUT2D eigenvalue weighted by Crippen LogP contribution is 2.28. The molecule has 2 rings (SSSR count). The van der Waals surface area contributed by atoms with Gasteiger partial charge in [0.05, 0.1) is 13.2 Å². The van der Waals surface area contributed by atoms with Crippen LogP contribution < -0.4 is 0 Å². The van der Waals surface area contributed by atoms with Gasteiger partial charge in [0.15, 0.2) is 0 Å². The molecule has 0 unspecified atom stereocenters. The smallest absolute Gasteiger partial charge is 0.321 e. The first-order chi connectivity index (χ1) is 9.58. The number of alkyl halides is 1. The lowest BCUT2D eigenvalue weighted by atomic mass is 10.2. The Morgan fingerprint density at radius 3 is 2.75 bits per heavy atom. The van der Waals surface area contributed by atoms with Crippen molar-refractivity contribution in [3.63, 3.8) is 0 Å². The van der Waals surface area contributed by atoms with Crippen LogP contribution in [0.3, 0.4) is 0 Å². The molecule has 1 aliphatic heterocycles. The third kappa shape index (κ3) is 3.90. The zero-order chi connectivity index (χ0) is 14.5. The lowest BCUT2D eigenvalue weighted by Crippen LogP contribution is -2.32. The van der Waals surface area contributed by atoms with Crippen molar-refractivity contribution in [2.45, 2.75) is 30.5 Å². The van der Waals surface area contributed by atoms with Gasteiger partial charge in [0.2, 0.25) is 0 Å². The summed E-state index contributed by atoms with van der Waals surface area (Å²) >= 11 is 7.11. The van der Waals surface area contributed by atoms with Crippen molar-refractivity contribution in [3.05, 3.63) is 35.9 Å². The van der Waals surface area contributed by atoms with Gasteiger partial charge in [-0.1, -0.05) is 30.3 Å². The van der Waals surface area contributed by atoms with Gasteiger partial charge in [0.1, 0.15) is 10.6 Å². The molecule has 1 aromatic carbocycles. The minimum Gasteiger partial charge on any atom is -0.465 e. The van der Waals surface area contributed by atoms with Crippen LogP contribution in [-0.2, 0) is 20.9 Å². The number of carbonyl (C=O) groups excluding carboxylic acids is 2. The van der Waals surface area contributed by atoms with Gasteiger partial charge in [-0.25, -0.2) is 0 Å². The number of carbonyl (C=O) groups is 2. The second kappa shape index (κ2) is 6.99. The standard InChI is InChI=1S/C14H16ClNO3S/c1-10(15)13(17)16(9-11-5-3-2-4-6-11)20-12-7-8-19-14(12)18/h2-6,10,12H,7-9H2,1H3/t10-,12-/m1/s1. The van der Waals surface area contributed by atoms with Gasteiger partial charge in [-0.05, 0) is 24.4 Å². The van der Waals surface area contributed by atoms with Crippen LogP contribution in [0.15, 0.2) is 30.3 Å². The predicted molar refractivity (Wildman–Crippen MR) is 79.3 cm³/mol. The summed E-state index contributed by atoms with van der Waals surface area (Å²) in [5, 5.41) is -0.943. The lowest BCUT2D eigenvalue weighted by molar-refractivity contribution is -0.137. The molecule has 1 heterocycles. The fourth-order valence-corrected chi connectivity index (χ4v) is 3.17. The van der Waals surface area contributed by atoms with E-state index in [4.69, 9.17) is 16.3 Å². The summed E-state index contributed by atoms with van der Waals surface area (Å²) < 4.78 is 6.49. The second-order valence-corrected chi connectivity index (χ2v) is 6.40. The maximum Gasteiger partial charge on any atom is 0.321 e. The monoisotopic (exact) mass is 313 g/mol. The number of hydrogen-bond acceptors (Lipinski definition) is 4. The van der Waals surface area contributed by atoms with Gasteiger partial charge in [-0.3, -0.25) is 13.9 Å². The first-order valence-corrected chi connectivity index (χ1v) is 7.68. The molecule has 6 heteroatoms. The Morgan fingerprint density at radius 1 is 1.50 bits per heavy atom. The normalized spacial score (nSPS) is 19.5. The van der Waals surface area contributed by atoms with E-state index in [9.17, 15) is 9.59 Å². The number of amides is 1. The van der Waals surface area contributed by atoms with E-state index in [1.165, 1.54) is 11.9 Å². The van der Waals surface area contributed by atoms with E-state index < -0.39 is 5.38 Å². The van der Waals surface area contributed by atoms with Crippen LogP contribution >= 0.6 is 23.5 Å². The summed E-state index contributed by atoms with van der Waals surface area (Å²) in [6, 6.07) is 9.62. The molecule has 2 atom stereocenters. The van der Waals surface area contributed by atoms with Crippen LogP contribution in [0.4, 0.5) is 0 Å². The van der Waals surface area contributed by atoms with Crippen molar-refractivity contribution >= 4 is 35.4 Å². The molecule has 0 spiro atoms. The molecule has 0 bridgehead atoms. The average molecular weight is 314 g/mol. The molecule has 0 radical (unpaired) electrons. The number of benzene rings is 1. The zero-order valence-corrected chi connectivity index (χ0v) is 12.7. The van der Waals surface area contributed by atoms with Crippen molar-refractivity contribution in [2.75, 3.05) is 6.61 Å². The highest BCUT2D eigenvalue weighted by Gasteiger charge is 2.32. The zero-order valence-electron chi connectivity index (χ0n) is 11.1. The third-order valence-electron chi connectivity index (χ3n) is 2.90. The first-order valence-electron chi connectivity index (χ1n) is 6.40. The van der Waals surface area contributed by atoms with Crippen LogP contribution in [0.25, 0.3) is 0 Å². The maximum atomic E-state index is 12.2. The van der Waals surface area contributed by atoms with Crippen LogP contribution in [-0.4, -0.2) is 33.4 Å². The molecule has 1 aromatic rings. The Labute approximate surface area is 127 Å². The summed E-state index contributed by atoms with van der Waals surface area (Å²) in [4.78, 5) is 23.7. The van der Waals surface area contributed by atoms with Gasteiger partial charge < -0.3 is 4.74 Å². The summed E-state index contributed by atoms with van der Waals surface area (Å²) in [6.45, 7) is 2.47. The molecule has 0 aromatic heterocycles. The lowest BCUT2D eigenvalue weighted by Gasteiger charge is -2.24. The molecule has 20 heavy (non-hydrogen) atoms. The molecule has 0 aliphatic carbocycles. The predicted octanol–water partition coefficient (Wildman–Crippen LogP) is 2.61. The van der Waals surface area contributed by atoms with Gasteiger partial charge in [0, 0.05) is 6.42 Å². The second-order valence-electron chi connectivity index (χ2n) is 4.53. The first kappa shape index (κ1) is 15.2. The van der Waals surface area contributed by atoms with Crippen molar-refractivity contribution in [1.82, 2.24) is 4.31 Å². The Kier molecular flexibility index (Phi) is 5.31. The molecular formula is C14H16ClNO3S. The van der Waals surface area contributed by atoms with Crippen LogP contribution in [0, 0.1) is 0 Å². The summed E-state index contributed by atoms with van der Waals surface area (Å²) in [7, 11) is 0. The van der Waals surface area contributed by atoms with Crippen LogP contribution in [0.2, 0.25) is 0 Å². The summed E-state index contributed by atoms with van der Waals surface area (Å²) in [6.07, 6.45) is 0.624.